The molecule has 0 bridgehead atoms. The highest BCUT2D eigenvalue weighted by molar-refractivity contribution is 5.36. The molecule has 0 saturated heterocycles. The van der Waals surface area contributed by atoms with Crippen molar-refractivity contribution < 1.29 is 4.74 Å². The third-order valence-electron chi connectivity index (χ3n) is 3.00. The van der Waals surface area contributed by atoms with Gasteiger partial charge in [0, 0.05) is 24.9 Å². The molecule has 0 spiro atoms. The Labute approximate surface area is 123 Å². The van der Waals surface area contributed by atoms with E-state index in [4.69, 9.17) is 9.72 Å². The van der Waals surface area contributed by atoms with Crippen LogP contribution < -0.4 is 5.32 Å². The van der Waals surface area contributed by atoms with Crippen molar-refractivity contribution in [2.45, 2.75) is 60.0 Å². The van der Waals surface area contributed by atoms with Crippen molar-refractivity contribution in [3.8, 4) is 0 Å². The van der Waals surface area contributed by atoms with Crippen LogP contribution in [0, 0.1) is 5.92 Å². The zero-order chi connectivity index (χ0) is 15.0. The molecule has 0 aromatic carbocycles. The predicted octanol–water partition coefficient (Wildman–Crippen LogP) is 3.98. The molecule has 0 amide bonds. The predicted molar refractivity (Wildman–Crippen MR) is 84.0 cm³/mol. The van der Waals surface area contributed by atoms with Gasteiger partial charge in [-0.1, -0.05) is 27.7 Å². The van der Waals surface area contributed by atoms with E-state index in [-0.39, 0.29) is 6.10 Å². The van der Waals surface area contributed by atoms with Crippen LogP contribution in [0.2, 0.25) is 0 Å². The molecule has 4 nitrogen and oxygen atoms in total. The molecule has 0 aliphatic carbocycles. The van der Waals surface area contributed by atoms with E-state index in [1.54, 1.807) is 0 Å². The van der Waals surface area contributed by atoms with Crippen molar-refractivity contribution in [1.82, 2.24) is 9.97 Å². The van der Waals surface area contributed by atoms with Gasteiger partial charge in [0.05, 0.1) is 0 Å². The average Bonchev–Trinajstić information content (AvgIpc) is 2.41. The Morgan fingerprint density at radius 1 is 1.20 bits per heavy atom. The highest BCUT2D eigenvalue weighted by atomic mass is 16.5. The lowest BCUT2D eigenvalue weighted by atomic mass is 10.1. The summed E-state index contributed by atoms with van der Waals surface area (Å²) in [7, 11) is 0. The van der Waals surface area contributed by atoms with Gasteiger partial charge in [-0.05, 0) is 32.1 Å². The monoisotopic (exact) mass is 279 g/mol. The number of rotatable bonds is 9. The van der Waals surface area contributed by atoms with Crippen LogP contribution in [0.3, 0.4) is 0 Å². The van der Waals surface area contributed by atoms with Crippen LogP contribution in [-0.2, 0) is 11.2 Å². The highest BCUT2D eigenvalue weighted by Crippen LogP contribution is 2.20. The fourth-order valence-corrected chi connectivity index (χ4v) is 2.10. The molecule has 0 aliphatic heterocycles. The molecule has 1 rings (SSSR count). The summed E-state index contributed by atoms with van der Waals surface area (Å²) in [6.45, 7) is 12.3. The number of anilines is 1. The summed E-state index contributed by atoms with van der Waals surface area (Å²) < 4.78 is 5.74. The van der Waals surface area contributed by atoms with Gasteiger partial charge in [-0.15, -0.1) is 0 Å². The van der Waals surface area contributed by atoms with E-state index >= 15 is 0 Å². The topological polar surface area (TPSA) is 47.0 Å². The molecule has 1 heterocycles. The zero-order valence-electron chi connectivity index (χ0n) is 13.6. The third kappa shape index (κ3) is 5.45. The van der Waals surface area contributed by atoms with Crippen LogP contribution in [0.25, 0.3) is 0 Å². The Bertz CT molecular complexity index is 393. The van der Waals surface area contributed by atoms with Crippen molar-refractivity contribution in [1.29, 1.82) is 0 Å². The van der Waals surface area contributed by atoms with E-state index in [0.29, 0.717) is 12.5 Å². The number of nitrogens with one attached hydrogen (secondary N) is 1. The molecule has 4 heteroatoms. The van der Waals surface area contributed by atoms with Crippen molar-refractivity contribution in [3.05, 3.63) is 17.6 Å². The van der Waals surface area contributed by atoms with E-state index in [9.17, 15) is 0 Å². The first kappa shape index (κ1) is 16.9. The Morgan fingerprint density at radius 2 is 1.95 bits per heavy atom. The molecule has 1 aromatic heterocycles. The van der Waals surface area contributed by atoms with Gasteiger partial charge >= 0.3 is 0 Å². The summed E-state index contributed by atoms with van der Waals surface area (Å²) in [5, 5.41) is 3.36. The van der Waals surface area contributed by atoms with Gasteiger partial charge in [0.25, 0.3) is 0 Å². The molecule has 0 fully saturated rings. The third-order valence-corrected chi connectivity index (χ3v) is 3.00. The number of ether oxygens (including phenoxy) is 1. The summed E-state index contributed by atoms with van der Waals surface area (Å²) >= 11 is 0. The van der Waals surface area contributed by atoms with Crippen molar-refractivity contribution in [3.63, 3.8) is 0 Å². The van der Waals surface area contributed by atoms with E-state index < -0.39 is 0 Å². The lowest BCUT2D eigenvalue weighted by molar-refractivity contribution is 0.0534. The van der Waals surface area contributed by atoms with Crippen LogP contribution in [0.1, 0.15) is 65.1 Å². The van der Waals surface area contributed by atoms with Crippen molar-refractivity contribution in [2.24, 2.45) is 5.92 Å². The minimum absolute atomic E-state index is 0.00529. The van der Waals surface area contributed by atoms with Crippen LogP contribution in [0.5, 0.6) is 0 Å². The Balaban J connectivity index is 3.00. The quantitative estimate of drug-likeness (QED) is 0.742. The standard InChI is InChI=1S/C16H29N3O/c1-6-9-17-15-11-13(10-12(4)5)18-16(19-15)14(7-2)20-8-3/h11-12,14H,6-10H2,1-5H3,(H,17,18,19). The number of aromatic nitrogens is 2. The maximum atomic E-state index is 5.74. The van der Waals surface area contributed by atoms with Crippen LogP contribution in [0.15, 0.2) is 6.07 Å². The molecule has 20 heavy (non-hydrogen) atoms. The first-order chi connectivity index (χ1) is 9.60. The number of hydrogen-bond donors (Lipinski definition) is 1. The first-order valence-corrected chi connectivity index (χ1v) is 7.83. The summed E-state index contributed by atoms with van der Waals surface area (Å²) in [4.78, 5) is 9.32. The van der Waals surface area contributed by atoms with Crippen LogP contribution >= 0.6 is 0 Å². The highest BCUT2D eigenvalue weighted by Gasteiger charge is 2.15. The normalized spacial score (nSPS) is 12.7. The lowest BCUT2D eigenvalue weighted by Crippen LogP contribution is -2.13. The molecule has 1 N–H and O–H groups in total. The molecule has 0 radical (unpaired) electrons. The summed E-state index contributed by atoms with van der Waals surface area (Å²) in [6.07, 6.45) is 2.95. The minimum Gasteiger partial charge on any atom is -0.371 e. The van der Waals surface area contributed by atoms with Gasteiger partial charge in [-0.3, -0.25) is 0 Å². The molecule has 0 saturated carbocycles. The first-order valence-electron chi connectivity index (χ1n) is 7.83. The van der Waals surface area contributed by atoms with E-state index in [2.05, 4.69) is 44.1 Å². The molecule has 1 aromatic rings. The maximum Gasteiger partial charge on any atom is 0.159 e. The lowest BCUT2D eigenvalue weighted by Gasteiger charge is -2.17. The van der Waals surface area contributed by atoms with Gasteiger partial charge in [-0.25, -0.2) is 9.97 Å². The molecular formula is C16H29N3O. The van der Waals surface area contributed by atoms with Crippen molar-refractivity contribution in [2.75, 3.05) is 18.5 Å². The van der Waals surface area contributed by atoms with Gasteiger partial charge in [-0.2, -0.15) is 0 Å². The molecule has 1 atom stereocenters. The fraction of sp³-hybridized carbons (Fsp3) is 0.750. The van der Waals surface area contributed by atoms with Crippen LogP contribution in [0.4, 0.5) is 5.82 Å². The second kappa shape index (κ2) is 8.90. The Hall–Kier alpha value is -1.16. The fourth-order valence-electron chi connectivity index (χ4n) is 2.10. The number of hydrogen-bond acceptors (Lipinski definition) is 4. The summed E-state index contributed by atoms with van der Waals surface area (Å²) in [6, 6.07) is 2.07. The second-order valence-electron chi connectivity index (χ2n) is 5.48. The minimum atomic E-state index is -0.00529. The van der Waals surface area contributed by atoms with Gasteiger partial charge < -0.3 is 10.1 Å². The maximum absolute atomic E-state index is 5.74. The smallest absolute Gasteiger partial charge is 0.159 e. The van der Waals surface area contributed by atoms with Gasteiger partial charge in [0.15, 0.2) is 5.82 Å². The Kier molecular flexibility index (Phi) is 7.52. The van der Waals surface area contributed by atoms with E-state index in [0.717, 1.165) is 43.1 Å². The molecule has 0 aliphatic rings. The number of nitrogens with zero attached hydrogens (tertiary/aromatic N) is 2. The Morgan fingerprint density at radius 3 is 2.50 bits per heavy atom. The van der Waals surface area contributed by atoms with E-state index in [1.807, 2.05) is 6.92 Å². The summed E-state index contributed by atoms with van der Waals surface area (Å²) in [5.74, 6) is 2.32. The van der Waals surface area contributed by atoms with Gasteiger partial charge in [0.2, 0.25) is 0 Å². The second-order valence-corrected chi connectivity index (χ2v) is 5.48. The molecular weight excluding hydrogens is 250 g/mol. The zero-order valence-corrected chi connectivity index (χ0v) is 13.6. The van der Waals surface area contributed by atoms with Crippen LogP contribution in [-0.4, -0.2) is 23.1 Å². The molecule has 114 valence electrons. The van der Waals surface area contributed by atoms with E-state index in [1.165, 1.54) is 0 Å². The van der Waals surface area contributed by atoms with Gasteiger partial charge in [0.1, 0.15) is 11.9 Å². The van der Waals surface area contributed by atoms with Crippen molar-refractivity contribution >= 4 is 5.82 Å². The average molecular weight is 279 g/mol. The summed E-state index contributed by atoms with van der Waals surface area (Å²) in [5.41, 5.74) is 1.10. The largest absolute Gasteiger partial charge is 0.371 e. The molecule has 1 unspecified atom stereocenters. The SMILES string of the molecule is CCCNc1cc(CC(C)C)nc(C(CC)OCC)n1.